The number of piperazine rings is 1. The maximum absolute atomic E-state index is 11.9. The summed E-state index contributed by atoms with van der Waals surface area (Å²) in [4.78, 5) is 27.1. The lowest BCUT2D eigenvalue weighted by Gasteiger charge is -2.34. The zero-order chi connectivity index (χ0) is 13.0. The van der Waals surface area contributed by atoms with E-state index in [4.69, 9.17) is 0 Å². The average molecular weight is 246 g/mol. The van der Waals surface area contributed by atoms with E-state index in [9.17, 15) is 9.59 Å². The van der Waals surface area contributed by atoms with Gasteiger partial charge in [-0.1, -0.05) is 18.2 Å². The molecule has 96 valence electrons. The molecule has 0 aliphatic carbocycles. The number of hydrogen-bond acceptors (Lipinski definition) is 4. The molecule has 1 aliphatic rings. The molecule has 1 heterocycles. The Morgan fingerprint density at radius 2 is 1.78 bits per heavy atom. The topological polar surface area (TPSA) is 40.6 Å². The summed E-state index contributed by atoms with van der Waals surface area (Å²) in [5.41, 5.74) is 0.808. The summed E-state index contributed by atoms with van der Waals surface area (Å²) in [5.74, 6) is 0.194. The molecule has 0 aromatic heterocycles. The predicted molar refractivity (Wildman–Crippen MR) is 72.0 cm³/mol. The molecule has 1 aliphatic heterocycles. The standard InChI is InChI=1S/C14H18N2O2/c1-12(17)11-15-7-9-16(10-8-15)13-5-3-2-4-6-14(13)18/h2-6H,7-11H2,1H3. The molecule has 1 aromatic rings. The number of hydrogen-bond donors (Lipinski definition) is 0. The van der Waals surface area contributed by atoms with Crippen LogP contribution in [0.1, 0.15) is 6.92 Å². The van der Waals surface area contributed by atoms with Gasteiger partial charge in [-0.3, -0.25) is 14.5 Å². The van der Waals surface area contributed by atoms with Gasteiger partial charge in [-0.2, -0.15) is 0 Å². The van der Waals surface area contributed by atoms with Crippen molar-refractivity contribution in [2.75, 3.05) is 37.6 Å². The van der Waals surface area contributed by atoms with Crippen LogP contribution in [0, 0.1) is 0 Å². The summed E-state index contributed by atoms with van der Waals surface area (Å²) in [6, 6.07) is 8.97. The minimum atomic E-state index is 0.0556. The first-order chi connectivity index (χ1) is 8.66. The normalized spacial score (nSPS) is 16.6. The Kier molecular flexibility index (Phi) is 4.10. The van der Waals surface area contributed by atoms with Crippen LogP contribution in [0.3, 0.4) is 0 Å². The molecule has 4 heteroatoms. The SMILES string of the molecule is CC(=O)CN1CCN(c2cccccc2=O)CC1. The van der Waals surface area contributed by atoms with Crippen molar-refractivity contribution in [3.05, 3.63) is 40.6 Å². The molecule has 0 unspecified atom stereocenters. The van der Waals surface area contributed by atoms with Crippen LogP contribution in [0.2, 0.25) is 0 Å². The van der Waals surface area contributed by atoms with Gasteiger partial charge in [0.1, 0.15) is 5.78 Å². The van der Waals surface area contributed by atoms with Gasteiger partial charge in [-0.25, -0.2) is 0 Å². The first-order valence-electron chi connectivity index (χ1n) is 6.23. The molecular weight excluding hydrogens is 228 g/mol. The van der Waals surface area contributed by atoms with Gasteiger partial charge in [0.2, 0.25) is 5.43 Å². The monoisotopic (exact) mass is 246 g/mol. The first kappa shape index (κ1) is 12.8. The molecule has 0 saturated carbocycles. The van der Waals surface area contributed by atoms with Crippen LogP contribution in [0.4, 0.5) is 5.69 Å². The number of rotatable bonds is 3. The van der Waals surface area contributed by atoms with Crippen LogP contribution < -0.4 is 10.3 Å². The van der Waals surface area contributed by atoms with Gasteiger partial charge in [0.05, 0.1) is 12.2 Å². The van der Waals surface area contributed by atoms with Crippen molar-refractivity contribution >= 4 is 11.5 Å². The molecule has 1 fully saturated rings. The largest absolute Gasteiger partial charge is 0.366 e. The van der Waals surface area contributed by atoms with Gasteiger partial charge >= 0.3 is 0 Å². The van der Waals surface area contributed by atoms with E-state index in [1.54, 1.807) is 19.1 Å². The van der Waals surface area contributed by atoms with Gasteiger partial charge in [0.25, 0.3) is 0 Å². The van der Waals surface area contributed by atoms with Crippen molar-refractivity contribution in [3.63, 3.8) is 0 Å². The Bertz CT molecular complexity index is 479. The summed E-state index contributed by atoms with van der Waals surface area (Å²) in [6.07, 6.45) is 0. The summed E-state index contributed by atoms with van der Waals surface area (Å²) in [5, 5.41) is 0. The third kappa shape index (κ3) is 3.17. The number of nitrogens with zero attached hydrogens (tertiary/aromatic N) is 2. The highest BCUT2D eigenvalue weighted by Gasteiger charge is 2.18. The maximum atomic E-state index is 11.9. The second kappa shape index (κ2) is 5.78. The number of anilines is 1. The fraction of sp³-hybridized carbons (Fsp3) is 0.429. The van der Waals surface area contributed by atoms with E-state index in [0.717, 1.165) is 31.9 Å². The maximum Gasteiger partial charge on any atom is 0.201 e. The molecule has 0 bridgehead atoms. The average Bonchev–Trinajstić information content (AvgIpc) is 2.54. The molecule has 0 radical (unpaired) electrons. The summed E-state index contributed by atoms with van der Waals surface area (Å²) in [7, 11) is 0. The summed E-state index contributed by atoms with van der Waals surface area (Å²) in [6.45, 7) is 5.38. The number of carbonyl (C=O) groups excluding carboxylic acids is 1. The predicted octanol–water partition coefficient (Wildman–Crippen LogP) is 0.758. The zero-order valence-electron chi connectivity index (χ0n) is 10.6. The molecular formula is C14H18N2O2. The van der Waals surface area contributed by atoms with Gasteiger partial charge in [0, 0.05) is 26.2 Å². The second-order valence-corrected chi connectivity index (χ2v) is 4.63. The molecule has 4 nitrogen and oxygen atoms in total. The molecule has 1 saturated heterocycles. The highest BCUT2D eigenvalue weighted by atomic mass is 16.1. The van der Waals surface area contributed by atoms with Crippen molar-refractivity contribution in [3.8, 4) is 0 Å². The van der Waals surface area contributed by atoms with Crippen LogP contribution in [-0.2, 0) is 4.79 Å². The number of ketones is 1. The summed E-state index contributed by atoms with van der Waals surface area (Å²) < 4.78 is 0. The lowest BCUT2D eigenvalue weighted by atomic mass is 10.2. The van der Waals surface area contributed by atoms with Crippen LogP contribution in [0.15, 0.2) is 35.1 Å². The molecule has 0 atom stereocenters. The Labute approximate surface area is 107 Å². The van der Waals surface area contributed by atoms with Crippen LogP contribution in [0.5, 0.6) is 0 Å². The van der Waals surface area contributed by atoms with Crippen LogP contribution in [0.25, 0.3) is 0 Å². The quantitative estimate of drug-likeness (QED) is 0.789. The van der Waals surface area contributed by atoms with E-state index in [0.29, 0.717) is 6.54 Å². The lowest BCUT2D eigenvalue weighted by Crippen LogP contribution is -2.48. The zero-order valence-corrected chi connectivity index (χ0v) is 10.6. The van der Waals surface area contributed by atoms with Crippen molar-refractivity contribution < 1.29 is 4.79 Å². The Hall–Kier alpha value is -1.68. The smallest absolute Gasteiger partial charge is 0.201 e. The van der Waals surface area contributed by atoms with Gasteiger partial charge in [-0.05, 0) is 19.1 Å². The molecule has 1 aromatic carbocycles. The second-order valence-electron chi connectivity index (χ2n) is 4.63. The number of Topliss-reactive ketones (excluding diaryl/α,β-unsaturated/α-hetero) is 1. The molecule has 0 spiro atoms. The number of carbonyl (C=O) groups is 1. The van der Waals surface area contributed by atoms with Crippen LogP contribution >= 0.6 is 0 Å². The Morgan fingerprint density at radius 1 is 1.11 bits per heavy atom. The van der Waals surface area contributed by atoms with E-state index in [1.807, 2.05) is 18.2 Å². The van der Waals surface area contributed by atoms with Crippen molar-refractivity contribution in [2.24, 2.45) is 0 Å². The minimum absolute atomic E-state index is 0.0556. The molecule has 0 N–H and O–H groups in total. The lowest BCUT2D eigenvalue weighted by molar-refractivity contribution is -0.118. The van der Waals surface area contributed by atoms with E-state index in [1.165, 1.54) is 0 Å². The van der Waals surface area contributed by atoms with E-state index in [2.05, 4.69) is 9.80 Å². The molecule has 0 amide bonds. The first-order valence-corrected chi connectivity index (χ1v) is 6.23. The van der Waals surface area contributed by atoms with Gasteiger partial charge < -0.3 is 4.90 Å². The van der Waals surface area contributed by atoms with E-state index >= 15 is 0 Å². The Balaban J connectivity index is 2.04. The highest BCUT2D eigenvalue weighted by Crippen LogP contribution is 2.10. The van der Waals surface area contributed by atoms with E-state index in [-0.39, 0.29) is 11.2 Å². The van der Waals surface area contributed by atoms with E-state index < -0.39 is 0 Å². The highest BCUT2D eigenvalue weighted by molar-refractivity contribution is 5.77. The molecule has 18 heavy (non-hydrogen) atoms. The summed E-state index contributed by atoms with van der Waals surface area (Å²) >= 11 is 0. The third-order valence-corrected chi connectivity index (χ3v) is 3.14. The fourth-order valence-corrected chi connectivity index (χ4v) is 2.24. The minimum Gasteiger partial charge on any atom is -0.366 e. The van der Waals surface area contributed by atoms with Gasteiger partial charge in [-0.15, -0.1) is 0 Å². The van der Waals surface area contributed by atoms with Gasteiger partial charge in [0.15, 0.2) is 0 Å². The van der Waals surface area contributed by atoms with Crippen molar-refractivity contribution in [1.82, 2.24) is 4.90 Å². The third-order valence-electron chi connectivity index (χ3n) is 3.14. The fourth-order valence-electron chi connectivity index (χ4n) is 2.24. The molecule has 2 rings (SSSR count). The van der Waals surface area contributed by atoms with Crippen molar-refractivity contribution in [1.29, 1.82) is 0 Å². The van der Waals surface area contributed by atoms with Crippen LogP contribution in [-0.4, -0.2) is 43.4 Å². The Morgan fingerprint density at radius 3 is 2.44 bits per heavy atom. The van der Waals surface area contributed by atoms with Crippen molar-refractivity contribution in [2.45, 2.75) is 6.92 Å².